The van der Waals surface area contributed by atoms with Crippen molar-refractivity contribution in [3.63, 3.8) is 0 Å². The number of carbonyl (C=O) groups is 1. The lowest BCUT2D eigenvalue weighted by Crippen LogP contribution is -2.29. The molecule has 8 nitrogen and oxygen atoms in total. The molecule has 0 saturated carbocycles. The number of aromatic nitrogens is 5. The third-order valence-corrected chi connectivity index (χ3v) is 5.08. The van der Waals surface area contributed by atoms with E-state index in [9.17, 15) is 4.79 Å². The first-order valence-electron chi connectivity index (χ1n) is 8.82. The highest BCUT2D eigenvalue weighted by Gasteiger charge is 2.29. The molecule has 1 atom stereocenters. The highest BCUT2D eigenvalue weighted by Crippen LogP contribution is 2.25. The van der Waals surface area contributed by atoms with E-state index in [2.05, 4.69) is 36.4 Å². The monoisotopic (exact) mass is 430 g/mol. The zero-order chi connectivity index (χ0) is 19.0. The summed E-state index contributed by atoms with van der Waals surface area (Å²) in [5.74, 6) is 1.22. The van der Waals surface area contributed by atoms with Gasteiger partial charge in [0.1, 0.15) is 0 Å². The molecular formula is C18H19BrN6O2. The number of carbonyl (C=O) groups excluding carboxylic acids is 1. The van der Waals surface area contributed by atoms with Gasteiger partial charge in [0.25, 0.3) is 11.8 Å². The van der Waals surface area contributed by atoms with Gasteiger partial charge in [-0.05, 0) is 24.6 Å². The molecule has 0 spiro atoms. The molecule has 3 heterocycles. The molecular weight excluding hydrogens is 412 g/mol. The minimum absolute atomic E-state index is 0.0256. The van der Waals surface area contributed by atoms with E-state index in [0.29, 0.717) is 36.1 Å². The summed E-state index contributed by atoms with van der Waals surface area (Å²) in [6, 6.07) is 7.52. The largest absolute Gasteiger partial charge is 0.336 e. The van der Waals surface area contributed by atoms with Crippen LogP contribution in [0.25, 0.3) is 11.6 Å². The van der Waals surface area contributed by atoms with Crippen LogP contribution < -0.4 is 0 Å². The lowest BCUT2D eigenvalue weighted by Gasteiger charge is -2.16. The Hall–Kier alpha value is -2.55. The SMILES string of the molecule is CC(C)c1noc(-c2cn([C@H]3CCN(C(=O)c4cccc(Br)c4)C3)nn2)n1. The van der Waals surface area contributed by atoms with Crippen LogP contribution in [0.15, 0.2) is 39.5 Å². The zero-order valence-electron chi connectivity index (χ0n) is 15.0. The van der Waals surface area contributed by atoms with Gasteiger partial charge in [-0.15, -0.1) is 5.10 Å². The van der Waals surface area contributed by atoms with Crippen molar-refractivity contribution >= 4 is 21.8 Å². The van der Waals surface area contributed by atoms with Gasteiger partial charge in [-0.2, -0.15) is 4.98 Å². The van der Waals surface area contributed by atoms with Crippen molar-refractivity contribution < 1.29 is 9.32 Å². The van der Waals surface area contributed by atoms with E-state index in [0.717, 1.165) is 10.9 Å². The van der Waals surface area contributed by atoms with Crippen LogP contribution in [0.4, 0.5) is 0 Å². The van der Waals surface area contributed by atoms with Gasteiger partial charge in [0, 0.05) is 29.0 Å². The summed E-state index contributed by atoms with van der Waals surface area (Å²) < 4.78 is 7.94. The fraction of sp³-hybridized carbons (Fsp3) is 0.389. The van der Waals surface area contributed by atoms with E-state index >= 15 is 0 Å². The second-order valence-corrected chi connectivity index (χ2v) is 7.82. The lowest BCUT2D eigenvalue weighted by molar-refractivity contribution is 0.0787. The van der Waals surface area contributed by atoms with E-state index in [4.69, 9.17) is 4.52 Å². The molecule has 4 rings (SSSR count). The van der Waals surface area contributed by atoms with Crippen molar-refractivity contribution in [1.29, 1.82) is 0 Å². The van der Waals surface area contributed by atoms with Gasteiger partial charge in [-0.1, -0.05) is 46.2 Å². The Kier molecular flexibility index (Phi) is 4.77. The summed E-state index contributed by atoms with van der Waals surface area (Å²) in [4.78, 5) is 18.9. The number of hydrogen-bond donors (Lipinski definition) is 0. The number of amides is 1. The molecule has 9 heteroatoms. The third-order valence-electron chi connectivity index (χ3n) is 4.58. The van der Waals surface area contributed by atoms with Crippen LogP contribution in [-0.4, -0.2) is 49.0 Å². The molecule has 1 saturated heterocycles. The Bertz CT molecular complexity index is 966. The summed E-state index contributed by atoms with van der Waals surface area (Å²) in [7, 11) is 0. The van der Waals surface area contributed by atoms with Crippen LogP contribution >= 0.6 is 15.9 Å². The average molecular weight is 431 g/mol. The highest BCUT2D eigenvalue weighted by atomic mass is 79.9. The van der Waals surface area contributed by atoms with E-state index in [1.165, 1.54) is 0 Å². The van der Waals surface area contributed by atoms with E-state index < -0.39 is 0 Å². The molecule has 0 bridgehead atoms. The maximum absolute atomic E-state index is 12.7. The lowest BCUT2D eigenvalue weighted by atomic mass is 10.2. The minimum Gasteiger partial charge on any atom is -0.336 e. The van der Waals surface area contributed by atoms with Gasteiger partial charge < -0.3 is 9.42 Å². The Morgan fingerprint density at radius 1 is 1.37 bits per heavy atom. The van der Waals surface area contributed by atoms with Crippen molar-refractivity contribution in [2.24, 2.45) is 0 Å². The van der Waals surface area contributed by atoms with Crippen LogP contribution in [0.1, 0.15) is 48.4 Å². The van der Waals surface area contributed by atoms with E-state index in [-0.39, 0.29) is 17.9 Å². The van der Waals surface area contributed by atoms with Crippen molar-refractivity contribution in [2.45, 2.75) is 32.2 Å². The molecule has 3 aromatic rings. The number of benzene rings is 1. The summed E-state index contributed by atoms with van der Waals surface area (Å²) in [5.41, 5.74) is 1.22. The summed E-state index contributed by atoms with van der Waals surface area (Å²) in [6.07, 6.45) is 2.62. The van der Waals surface area contributed by atoms with Gasteiger partial charge in [0.15, 0.2) is 11.5 Å². The normalized spacial score (nSPS) is 17.0. The van der Waals surface area contributed by atoms with Crippen molar-refractivity contribution in [3.8, 4) is 11.6 Å². The molecule has 27 heavy (non-hydrogen) atoms. The molecule has 1 aliphatic rings. The molecule has 0 unspecified atom stereocenters. The maximum Gasteiger partial charge on any atom is 0.280 e. The number of likely N-dealkylation sites (tertiary alicyclic amines) is 1. The second kappa shape index (κ2) is 7.22. The zero-order valence-corrected chi connectivity index (χ0v) is 16.6. The van der Waals surface area contributed by atoms with Crippen LogP contribution in [0.2, 0.25) is 0 Å². The average Bonchev–Trinajstić information content (AvgIpc) is 3.39. The fourth-order valence-electron chi connectivity index (χ4n) is 3.07. The van der Waals surface area contributed by atoms with Gasteiger partial charge in [0.2, 0.25) is 0 Å². The van der Waals surface area contributed by atoms with E-state index in [1.807, 2.05) is 43.0 Å². The smallest absolute Gasteiger partial charge is 0.280 e. The van der Waals surface area contributed by atoms with Crippen molar-refractivity contribution in [1.82, 2.24) is 30.0 Å². The highest BCUT2D eigenvalue weighted by molar-refractivity contribution is 9.10. The number of rotatable bonds is 4. The number of hydrogen-bond acceptors (Lipinski definition) is 6. The molecule has 1 aromatic carbocycles. The predicted octanol–water partition coefficient (Wildman–Crippen LogP) is 3.30. The molecule has 1 fully saturated rings. The first kappa shape index (κ1) is 17.8. The van der Waals surface area contributed by atoms with Gasteiger partial charge >= 0.3 is 0 Å². The van der Waals surface area contributed by atoms with Gasteiger partial charge in [0.05, 0.1) is 12.2 Å². The minimum atomic E-state index is 0.0256. The summed E-state index contributed by atoms with van der Waals surface area (Å²) in [5, 5.41) is 12.3. The third kappa shape index (κ3) is 3.64. The number of halogens is 1. The quantitative estimate of drug-likeness (QED) is 0.630. The molecule has 0 N–H and O–H groups in total. The Morgan fingerprint density at radius 3 is 2.96 bits per heavy atom. The number of nitrogens with zero attached hydrogens (tertiary/aromatic N) is 6. The molecule has 0 aliphatic carbocycles. The van der Waals surface area contributed by atoms with Crippen LogP contribution in [0.5, 0.6) is 0 Å². The Balaban J connectivity index is 1.46. The summed E-state index contributed by atoms with van der Waals surface area (Å²) >= 11 is 3.41. The van der Waals surface area contributed by atoms with Crippen LogP contribution in [0, 0.1) is 0 Å². The van der Waals surface area contributed by atoms with Crippen molar-refractivity contribution in [3.05, 3.63) is 46.3 Å². The standard InChI is InChI=1S/C18H19BrN6O2/c1-11(2)16-20-17(27-22-16)15-10-25(23-21-15)14-6-7-24(9-14)18(26)12-4-3-5-13(19)8-12/h3-5,8,10-11,14H,6-7,9H2,1-2H3/t14-/m0/s1. The van der Waals surface area contributed by atoms with E-state index in [1.54, 1.807) is 10.9 Å². The first-order valence-corrected chi connectivity index (χ1v) is 9.61. The second-order valence-electron chi connectivity index (χ2n) is 6.90. The predicted molar refractivity (Wildman–Crippen MR) is 101 cm³/mol. The maximum atomic E-state index is 12.7. The summed E-state index contributed by atoms with van der Waals surface area (Å²) in [6.45, 7) is 5.28. The molecule has 1 amide bonds. The van der Waals surface area contributed by atoms with Crippen LogP contribution in [-0.2, 0) is 0 Å². The van der Waals surface area contributed by atoms with Crippen molar-refractivity contribution in [2.75, 3.05) is 13.1 Å². The van der Waals surface area contributed by atoms with Crippen LogP contribution in [0.3, 0.4) is 0 Å². The van der Waals surface area contributed by atoms with Gasteiger partial charge in [-0.3, -0.25) is 4.79 Å². The molecule has 1 aliphatic heterocycles. The molecule has 0 radical (unpaired) electrons. The molecule has 2 aromatic heterocycles. The fourth-order valence-corrected chi connectivity index (χ4v) is 3.47. The topological polar surface area (TPSA) is 89.9 Å². The first-order chi connectivity index (χ1) is 13.0. The Morgan fingerprint density at radius 2 is 2.22 bits per heavy atom. The molecule has 140 valence electrons. The van der Waals surface area contributed by atoms with Gasteiger partial charge in [-0.25, -0.2) is 4.68 Å². The Labute approximate surface area is 164 Å².